The van der Waals surface area contributed by atoms with Crippen LogP contribution in [-0.4, -0.2) is 9.55 Å². The van der Waals surface area contributed by atoms with Crippen LogP contribution in [0.25, 0.3) is 43.6 Å². The summed E-state index contributed by atoms with van der Waals surface area (Å²) in [6.07, 6.45) is 6.79. The van der Waals surface area contributed by atoms with Gasteiger partial charge in [-0.25, -0.2) is 9.55 Å². The van der Waals surface area contributed by atoms with Gasteiger partial charge in [0.1, 0.15) is 10.7 Å². The second-order valence-electron chi connectivity index (χ2n) is 12.2. The fourth-order valence-corrected chi connectivity index (χ4v) is 7.84. The van der Waals surface area contributed by atoms with E-state index in [0.717, 1.165) is 34.1 Å². The quantitative estimate of drug-likeness (QED) is 0.174. The number of hydrogen-bond acceptors (Lipinski definition) is 3. The van der Waals surface area contributed by atoms with Gasteiger partial charge in [0.25, 0.3) is 5.82 Å². The summed E-state index contributed by atoms with van der Waals surface area (Å²) in [7, 11) is 0. The van der Waals surface area contributed by atoms with E-state index in [1.807, 2.05) is 0 Å². The number of rotatable bonds is 6. The zero-order valence-corrected chi connectivity index (χ0v) is 27.1. The van der Waals surface area contributed by atoms with E-state index in [9.17, 15) is 0 Å². The highest BCUT2D eigenvalue weighted by Crippen LogP contribution is 2.51. The molecule has 4 nitrogen and oxygen atoms in total. The predicted molar refractivity (Wildman–Crippen MR) is 193 cm³/mol. The second kappa shape index (κ2) is 11.3. The van der Waals surface area contributed by atoms with Crippen LogP contribution in [0.2, 0.25) is 0 Å². The molecule has 5 aromatic carbocycles. The Labute approximate surface area is 273 Å². The predicted octanol–water partition coefficient (Wildman–Crippen LogP) is 10.2. The first-order valence-electron chi connectivity index (χ1n) is 15.9. The van der Waals surface area contributed by atoms with Crippen LogP contribution in [0.4, 0.5) is 11.4 Å². The first kappa shape index (κ1) is 28.2. The monoisotopic (exact) mass is 615 g/mol. The molecule has 0 fully saturated rings. The van der Waals surface area contributed by atoms with Gasteiger partial charge in [-0.2, -0.15) is 4.57 Å². The molecule has 1 aliphatic rings. The maximum absolute atomic E-state index is 4.97. The van der Waals surface area contributed by atoms with Crippen molar-refractivity contribution in [1.29, 1.82) is 0 Å². The van der Waals surface area contributed by atoms with Crippen LogP contribution in [0.3, 0.4) is 0 Å². The Balaban J connectivity index is 1.29. The molecule has 224 valence electrons. The summed E-state index contributed by atoms with van der Waals surface area (Å²) in [6.45, 7) is 7.71. The molecule has 8 rings (SSSR count). The van der Waals surface area contributed by atoms with Crippen molar-refractivity contribution in [2.45, 2.75) is 32.7 Å². The minimum absolute atomic E-state index is 0.157. The second-order valence-corrected chi connectivity index (χ2v) is 13.2. The third-order valence-electron chi connectivity index (χ3n) is 9.10. The summed E-state index contributed by atoms with van der Waals surface area (Å²) in [5, 5.41) is 1.05. The average Bonchev–Trinajstić information content (AvgIpc) is 3.73. The van der Waals surface area contributed by atoms with Crippen molar-refractivity contribution >= 4 is 50.0 Å². The van der Waals surface area contributed by atoms with E-state index in [0.29, 0.717) is 0 Å². The number of thiazole rings is 1. The maximum atomic E-state index is 4.97. The van der Waals surface area contributed by atoms with E-state index in [2.05, 4.69) is 180 Å². The number of hydrogen-bond donors (Lipinski definition) is 0. The molecule has 7 aromatic rings. The minimum atomic E-state index is -0.157. The van der Waals surface area contributed by atoms with Gasteiger partial charge >= 0.3 is 0 Å². The highest BCUT2D eigenvalue weighted by Gasteiger charge is 2.40. The Kier molecular flexibility index (Phi) is 6.92. The van der Waals surface area contributed by atoms with E-state index in [4.69, 9.17) is 4.98 Å². The van der Waals surface area contributed by atoms with E-state index < -0.39 is 0 Å². The van der Waals surface area contributed by atoms with Gasteiger partial charge in [-0.15, -0.1) is 11.3 Å². The van der Waals surface area contributed by atoms with Gasteiger partial charge in [0.2, 0.25) is 0 Å². The first-order chi connectivity index (χ1) is 22.5. The summed E-state index contributed by atoms with van der Waals surface area (Å²) in [5.41, 5.74) is 10.5. The fraction of sp³-hybridized carbons (Fsp3) is 0.122. The number of aryl methyl sites for hydroxylation is 1. The van der Waals surface area contributed by atoms with Crippen LogP contribution in [0.5, 0.6) is 0 Å². The molecular weight excluding hydrogens is 581 g/mol. The van der Waals surface area contributed by atoms with Gasteiger partial charge in [0.05, 0.1) is 16.8 Å². The van der Waals surface area contributed by atoms with E-state index in [1.165, 1.54) is 38.4 Å². The zero-order chi connectivity index (χ0) is 31.3. The molecule has 2 aromatic heterocycles. The van der Waals surface area contributed by atoms with Gasteiger partial charge in [0, 0.05) is 34.1 Å². The standard InChI is InChI=1S/C41H35N4S/c1-4-43-36-28-29(40-42-33-21-12-14-23-37(33)46-40)26-27-35(36)45(31-18-9-6-10-19-31)39(43)25-15-24-38-41(2,3)32-20-11-13-22-34(32)44(38)30-16-7-5-8-17-30/h5-28H,4H2,1-3H3/q+1. The lowest BCUT2D eigenvalue weighted by molar-refractivity contribution is -0.670. The molecule has 0 spiro atoms. The number of aromatic nitrogens is 3. The van der Waals surface area contributed by atoms with Crippen molar-refractivity contribution in [3.05, 3.63) is 157 Å². The topological polar surface area (TPSA) is 24.9 Å². The maximum Gasteiger partial charge on any atom is 0.287 e. The van der Waals surface area contributed by atoms with Gasteiger partial charge < -0.3 is 4.90 Å². The number of anilines is 2. The summed E-state index contributed by atoms with van der Waals surface area (Å²) < 4.78 is 6.00. The number of para-hydroxylation sites is 4. The number of benzene rings is 5. The molecule has 0 saturated heterocycles. The van der Waals surface area contributed by atoms with Gasteiger partial charge in [-0.1, -0.05) is 86.7 Å². The van der Waals surface area contributed by atoms with Crippen LogP contribution in [0, 0.1) is 0 Å². The molecule has 0 bridgehead atoms. The Morgan fingerprint density at radius 2 is 1.48 bits per heavy atom. The summed E-state index contributed by atoms with van der Waals surface area (Å²) >= 11 is 1.75. The Morgan fingerprint density at radius 1 is 0.783 bits per heavy atom. The lowest BCUT2D eigenvalue weighted by atomic mass is 9.84. The summed E-state index contributed by atoms with van der Waals surface area (Å²) in [4.78, 5) is 7.37. The molecule has 3 heterocycles. The van der Waals surface area contributed by atoms with Gasteiger partial charge in [0.15, 0.2) is 11.0 Å². The van der Waals surface area contributed by atoms with E-state index >= 15 is 0 Å². The molecule has 0 N–H and O–H groups in total. The lowest BCUT2D eigenvalue weighted by Crippen LogP contribution is -2.35. The highest BCUT2D eigenvalue weighted by molar-refractivity contribution is 7.21. The van der Waals surface area contributed by atoms with E-state index in [1.54, 1.807) is 11.3 Å². The molecule has 1 aliphatic heterocycles. The third kappa shape index (κ3) is 4.58. The molecule has 5 heteroatoms. The van der Waals surface area contributed by atoms with Crippen molar-refractivity contribution in [3.63, 3.8) is 0 Å². The molecule has 0 unspecified atom stereocenters. The smallest absolute Gasteiger partial charge is 0.287 e. The molecule has 0 radical (unpaired) electrons. The Bertz CT molecular complexity index is 2240. The summed E-state index contributed by atoms with van der Waals surface area (Å²) in [5.74, 6) is 1.13. The van der Waals surface area contributed by atoms with Gasteiger partial charge in [-0.05, 0) is 79.2 Å². The molecule has 46 heavy (non-hydrogen) atoms. The van der Waals surface area contributed by atoms with E-state index in [-0.39, 0.29) is 5.41 Å². The van der Waals surface area contributed by atoms with Gasteiger partial charge in [-0.3, -0.25) is 0 Å². The first-order valence-corrected chi connectivity index (χ1v) is 16.7. The van der Waals surface area contributed by atoms with Crippen LogP contribution in [0.15, 0.2) is 145 Å². The molecule has 0 saturated carbocycles. The number of nitrogens with zero attached hydrogens (tertiary/aromatic N) is 4. The molecular formula is C41H35N4S+. The Morgan fingerprint density at radius 3 is 2.24 bits per heavy atom. The minimum Gasteiger partial charge on any atom is -0.313 e. The van der Waals surface area contributed by atoms with Crippen molar-refractivity contribution in [1.82, 2.24) is 9.55 Å². The van der Waals surface area contributed by atoms with Crippen LogP contribution in [-0.2, 0) is 12.0 Å². The molecule has 0 aliphatic carbocycles. The number of allylic oxidation sites excluding steroid dienone is 3. The van der Waals surface area contributed by atoms with Crippen LogP contribution in [0.1, 0.15) is 32.2 Å². The van der Waals surface area contributed by atoms with Crippen molar-refractivity contribution in [2.75, 3.05) is 4.90 Å². The van der Waals surface area contributed by atoms with Crippen molar-refractivity contribution in [3.8, 4) is 16.3 Å². The molecule has 0 atom stereocenters. The Hall–Kier alpha value is -5.26. The molecule has 0 amide bonds. The van der Waals surface area contributed by atoms with Crippen molar-refractivity contribution in [2.24, 2.45) is 0 Å². The highest BCUT2D eigenvalue weighted by atomic mass is 32.1. The zero-order valence-electron chi connectivity index (χ0n) is 26.3. The SMILES string of the molecule is CC[n+]1c(/C=C/C=C2/N(c3ccccc3)c3ccccc3C2(C)C)n(-c2ccccc2)c2ccc(-c3nc4ccccc4s3)cc21. The third-order valence-corrected chi connectivity index (χ3v) is 10.2. The number of fused-ring (bicyclic) bond motifs is 3. The normalized spacial score (nSPS) is 15.0. The fourth-order valence-electron chi connectivity index (χ4n) is 6.88. The van der Waals surface area contributed by atoms with Crippen LogP contribution >= 0.6 is 11.3 Å². The van der Waals surface area contributed by atoms with Crippen molar-refractivity contribution < 1.29 is 4.57 Å². The van der Waals surface area contributed by atoms with Crippen LogP contribution < -0.4 is 9.47 Å². The average molecular weight is 616 g/mol. The lowest BCUT2D eigenvalue weighted by Gasteiger charge is -2.27. The largest absolute Gasteiger partial charge is 0.313 e. The number of imidazole rings is 1. The summed E-state index contributed by atoms with van der Waals surface area (Å²) in [6, 6.07) is 45.3.